The van der Waals surface area contributed by atoms with E-state index in [9.17, 15) is 13.6 Å². The Morgan fingerprint density at radius 2 is 1.89 bits per heavy atom. The summed E-state index contributed by atoms with van der Waals surface area (Å²) in [6.07, 6.45) is 0. The molecular formula is C13H7BrF2O3. The molecule has 0 unspecified atom stereocenters. The molecule has 0 bridgehead atoms. The van der Waals surface area contributed by atoms with Gasteiger partial charge in [0, 0.05) is 10.5 Å². The number of hydrogen-bond donors (Lipinski definition) is 1. The van der Waals surface area contributed by atoms with Gasteiger partial charge in [-0.3, -0.25) is 0 Å². The van der Waals surface area contributed by atoms with Gasteiger partial charge in [-0.1, -0.05) is 15.9 Å². The third kappa shape index (κ3) is 3.29. The van der Waals surface area contributed by atoms with Crippen molar-refractivity contribution < 1.29 is 23.4 Å². The molecule has 2 aromatic carbocycles. The van der Waals surface area contributed by atoms with Gasteiger partial charge in [-0.15, -0.1) is 0 Å². The Morgan fingerprint density at radius 3 is 2.47 bits per heavy atom. The normalized spacial score (nSPS) is 10.3. The molecule has 0 aliphatic heterocycles. The monoisotopic (exact) mass is 328 g/mol. The van der Waals surface area contributed by atoms with Crippen LogP contribution in [0.4, 0.5) is 8.78 Å². The van der Waals surface area contributed by atoms with Crippen molar-refractivity contribution in [3.63, 3.8) is 0 Å². The van der Waals surface area contributed by atoms with Crippen molar-refractivity contribution >= 4 is 21.9 Å². The molecule has 2 aromatic rings. The summed E-state index contributed by atoms with van der Waals surface area (Å²) >= 11 is 3.08. The highest BCUT2D eigenvalue weighted by molar-refractivity contribution is 9.10. The molecule has 6 heteroatoms. The fourth-order valence-corrected chi connectivity index (χ4v) is 1.88. The summed E-state index contributed by atoms with van der Waals surface area (Å²) < 4.78 is 32.3. The smallest absolute Gasteiger partial charge is 0.335 e. The van der Waals surface area contributed by atoms with E-state index in [1.807, 2.05) is 0 Å². The van der Waals surface area contributed by atoms with Gasteiger partial charge in [-0.2, -0.15) is 0 Å². The van der Waals surface area contributed by atoms with Crippen molar-refractivity contribution in [3.8, 4) is 11.5 Å². The van der Waals surface area contributed by atoms with E-state index in [2.05, 4.69) is 15.9 Å². The molecule has 0 heterocycles. The number of carboxylic acids is 1. The van der Waals surface area contributed by atoms with Gasteiger partial charge in [0.2, 0.25) is 0 Å². The predicted molar refractivity (Wildman–Crippen MR) is 67.5 cm³/mol. The van der Waals surface area contributed by atoms with Crippen molar-refractivity contribution in [1.82, 2.24) is 0 Å². The molecule has 0 aromatic heterocycles. The number of carboxylic acid groups (broad SMARTS) is 1. The molecule has 0 radical (unpaired) electrons. The Labute approximate surface area is 115 Å². The highest BCUT2D eigenvalue weighted by Gasteiger charge is 2.10. The van der Waals surface area contributed by atoms with E-state index in [0.29, 0.717) is 4.47 Å². The summed E-state index contributed by atoms with van der Waals surface area (Å²) in [5, 5.41) is 8.70. The molecule has 98 valence electrons. The van der Waals surface area contributed by atoms with Gasteiger partial charge >= 0.3 is 5.97 Å². The van der Waals surface area contributed by atoms with Gasteiger partial charge in [0.15, 0.2) is 11.6 Å². The number of carbonyl (C=O) groups is 1. The van der Waals surface area contributed by atoms with Gasteiger partial charge in [-0.25, -0.2) is 13.6 Å². The van der Waals surface area contributed by atoms with Gasteiger partial charge in [-0.05, 0) is 30.3 Å². The molecule has 0 spiro atoms. The quantitative estimate of drug-likeness (QED) is 0.917. The van der Waals surface area contributed by atoms with Crippen LogP contribution in [0.3, 0.4) is 0 Å². The Bertz CT molecular complexity index is 624. The third-order valence-electron chi connectivity index (χ3n) is 2.24. The maximum absolute atomic E-state index is 13.6. The van der Waals surface area contributed by atoms with Crippen LogP contribution < -0.4 is 4.74 Å². The maximum atomic E-state index is 13.6. The topological polar surface area (TPSA) is 46.5 Å². The molecule has 0 atom stereocenters. The standard InChI is InChI=1S/C13H7BrF2O3/c14-8-4-9(15)6-10(5-8)19-12-2-1-7(13(17)18)3-11(12)16/h1-6H,(H,17,18). The fraction of sp³-hybridized carbons (Fsp3) is 0. The van der Waals surface area contributed by atoms with Gasteiger partial charge < -0.3 is 9.84 Å². The lowest BCUT2D eigenvalue weighted by Gasteiger charge is -2.08. The summed E-state index contributed by atoms with van der Waals surface area (Å²) in [4.78, 5) is 10.6. The number of ether oxygens (including phenoxy) is 1. The van der Waals surface area contributed by atoms with Crippen molar-refractivity contribution in [1.29, 1.82) is 0 Å². The Hall–Kier alpha value is -1.95. The molecule has 0 amide bonds. The Balaban J connectivity index is 2.30. The Kier molecular flexibility index (Phi) is 3.80. The number of rotatable bonds is 3. The van der Waals surface area contributed by atoms with Gasteiger partial charge in [0.25, 0.3) is 0 Å². The summed E-state index contributed by atoms with van der Waals surface area (Å²) in [7, 11) is 0. The second-order valence-corrected chi connectivity index (χ2v) is 4.57. The number of hydrogen-bond acceptors (Lipinski definition) is 2. The molecular weight excluding hydrogens is 322 g/mol. The molecule has 0 saturated heterocycles. The average Bonchev–Trinajstić information content (AvgIpc) is 2.30. The van der Waals surface area contributed by atoms with Gasteiger partial charge in [0.05, 0.1) is 5.56 Å². The molecule has 19 heavy (non-hydrogen) atoms. The summed E-state index contributed by atoms with van der Waals surface area (Å²) in [6.45, 7) is 0. The van der Waals surface area contributed by atoms with Crippen LogP contribution in [0.1, 0.15) is 10.4 Å². The first-order valence-corrected chi connectivity index (χ1v) is 5.92. The average molecular weight is 329 g/mol. The lowest BCUT2D eigenvalue weighted by molar-refractivity contribution is 0.0696. The van der Waals surface area contributed by atoms with E-state index in [4.69, 9.17) is 9.84 Å². The highest BCUT2D eigenvalue weighted by Crippen LogP contribution is 2.28. The van der Waals surface area contributed by atoms with Crippen LogP contribution >= 0.6 is 15.9 Å². The van der Waals surface area contributed by atoms with Crippen LogP contribution in [-0.2, 0) is 0 Å². The van der Waals surface area contributed by atoms with Crippen LogP contribution in [0.25, 0.3) is 0 Å². The first kappa shape index (κ1) is 13.5. The number of benzene rings is 2. The second-order valence-electron chi connectivity index (χ2n) is 3.66. The molecule has 0 aliphatic carbocycles. The second kappa shape index (κ2) is 5.36. The van der Waals surface area contributed by atoms with Crippen LogP contribution in [0, 0.1) is 11.6 Å². The van der Waals surface area contributed by atoms with Crippen molar-refractivity contribution in [2.45, 2.75) is 0 Å². The van der Waals surface area contributed by atoms with Crippen molar-refractivity contribution in [2.24, 2.45) is 0 Å². The minimum absolute atomic E-state index is 0.105. The van der Waals surface area contributed by atoms with Crippen LogP contribution in [0.15, 0.2) is 40.9 Å². The zero-order valence-corrected chi connectivity index (χ0v) is 10.9. The molecule has 0 saturated carbocycles. The van der Waals surface area contributed by atoms with Crippen LogP contribution in [0.2, 0.25) is 0 Å². The summed E-state index contributed by atoms with van der Waals surface area (Å²) in [5.74, 6) is -2.68. The SMILES string of the molecule is O=C(O)c1ccc(Oc2cc(F)cc(Br)c2)c(F)c1. The first-order valence-electron chi connectivity index (χ1n) is 5.12. The summed E-state index contributed by atoms with van der Waals surface area (Å²) in [6, 6.07) is 7.01. The molecule has 1 N–H and O–H groups in total. The first-order chi connectivity index (χ1) is 8.95. The van der Waals surface area contributed by atoms with Crippen LogP contribution in [0.5, 0.6) is 11.5 Å². The molecule has 0 fully saturated rings. The van der Waals surface area contributed by atoms with E-state index < -0.39 is 17.6 Å². The van der Waals surface area contributed by atoms with E-state index in [1.165, 1.54) is 24.3 Å². The largest absolute Gasteiger partial charge is 0.478 e. The minimum Gasteiger partial charge on any atom is -0.478 e. The van der Waals surface area contributed by atoms with E-state index in [0.717, 1.165) is 12.1 Å². The maximum Gasteiger partial charge on any atom is 0.335 e. The summed E-state index contributed by atoms with van der Waals surface area (Å²) in [5.41, 5.74) is -0.190. The van der Waals surface area contributed by atoms with Gasteiger partial charge in [0.1, 0.15) is 11.6 Å². The predicted octanol–water partition coefficient (Wildman–Crippen LogP) is 4.22. The Morgan fingerprint density at radius 1 is 1.16 bits per heavy atom. The van der Waals surface area contributed by atoms with E-state index in [1.54, 1.807) is 0 Å². The van der Waals surface area contributed by atoms with Crippen molar-refractivity contribution in [2.75, 3.05) is 0 Å². The highest BCUT2D eigenvalue weighted by atomic mass is 79.9. The van der Waals surface area contributed by atoms with E-state index >= 15 is 0 Å². The van der Waals surface area contributed by atoms with Crippen LogP contribution in [-0.4, -0.2) is 11.1 Å². The minimum atomic E-state index is -1.24. The zero-order chi connectivity index (χ0) is 14.0. The van der Waals surface area contributed by atoms with Crippen molar-refractivity contribution in [3.05, 3.63) is 58.1 Å². The lowest BCUT2D eigenvalue weighted by atomic mass is 10.2. The molecule has 2 rings (SSSR count). The third-order valence-corrected chi connectivity index (χ3v) is 2.70. The fourth-order valence-electron chi connectivity index (χ4n) is 1.43. The van der Waals surface area contributed by atoms with E-state index in [-0.39, 0.29) is 17.1 Å². The lowest BCUT2D eigenvalue weighted by Crippen LogP contribution is -1.98. The zero-order valence-electron chi connectivity index (χ0n) is 9.36. The molecule has 3 nitrogen and oxygen atoms in total. The number of aromatic carboxylic acids is 1. The number of halogens is 3. The molecule has 0 aliphatic rings.